The van der Waals surface area contributed by atoms with Gasteiger partial charge >= 0.3 is 0 Å². The number of hydrogen-bond acceptors (Lipinski definition) is 3. The van der Waals surface area contributed by atoms with Crippen LogP contribution in [-0.4, -0.2) is 23.3 Å². The Labute approximate surface area is 91.5 Å². The third-order valence-corrected chi connectivity index (χ3v) is 3.24. The van der Waals surface area contributed by atoms with Gasteiger partial charge in [0.05, 0.1) is 6.10 Å². The molecule has 4 heteroatoms. The molecule has 1 aliphatic rings. The van der Waals surface area contributed by atoms with E-state index in [-0.39, 0.29) is 18.0 Å². The molecule has 4 nitrogen and oxygen atoms in total. The van der Waals surface area contributed by atoms with Gasteiger partial charge < -0.3 is 15.7 Å². The molecule has 0 aromatic carbocycles. The van der Waals surface area contributed by atoms with Gasteiger partial charge in [0.25, 0.3) is 0 Å². The largest absolute Gasteiger partial charge is 0.409 e. The van der Waals surface area contributed by atoms with Crippen LogP contribution in [0.1, 0.15) is 46.0 Å². The molecular formula is C11H22N2O2. The van der Waals surface area contributed by atoms with Crippen LogP contribution in [0.15, 0.2) is 5.16 Å². The Kier molecular flexibility index (Phi) is 4.88. The van der Waals surface area contributed by atoms with Crippen LogP contribution < -0.4 is 5.73 Å². The quantitative estimate of drug-likeness (QED) is 0.326. The molecule has 3 unspecified atom stereocenters. The zero-order chi connectivity index (χ0) is 11.3. The predicted octanol–water partition coefficient (Wildman–Crippen LogP) is 2.11. The monoisotopic (exact) mass is 214 g/mol. The van der Waals surface area contributed by atoms with Crippen LogP contribution in [0.4, 0.5) is 0 Å². The summed E-state index contributed by atoms with van der Waals surface area (Å²) < 4.78 is 5.76. The van der Waals surface area contributed by atoms with Crippen molar-refractivity contribution in [3.05, 3.63) is 0 Å². The summed E-state index contributed by atoms with van der Waals surface area (Å²) in [6.07, 6.45) is 5.96. The fraction of sp³-hybridized carbons (Fsp3) is 0.909. The van der Waals surface area contributed by atoms with Crippen molar-refractivity contribution >= 4 is 5.84 Å². The highest BCUT2D eigenvalue weighted by atomic mass is 16.5. The number of nitrogens with two attached hydrogens (primary N) is 1. The molecule has 0 heterocycles. The smallest absolute Gasteiger partial charge is 0.168 e. The SMILES string of the molecule is CCC1CCCC(OC(C)C(N)=NO)C1. The molecular weight excluding hydrogens is 192 g/mol. The van der Waals surface area contributed by atoms with E-state index in [1.165, 1.54) is 19.3 Å². The lowest BCUT2D eigenvalue weighted by atomic mass is 9.85. The summed E-state index contributed by atoms with van der Waals surface area (Å²) in [5.41, 5.74) is 5.48. The summed E-state index contributed by atoms with van der Waals surface area (Å²) in [5.74, 6) is 0.942. The minimum atomic E-state index is -0.282. The van der Waals surface area contributed by atoms with Gasteiger partial charge in [0.2, 0.25) is 0 Å². The second kappa shape index (κ2) is 5.95. The molecule has 0 bridgehead atoms. The van der Waals surface area contributed by atoms with Crippen LogP contribution in [0.5, 0.6) is 0 Å². The minimum absolute atomic E-state index is 0.161. The highest BCUT2D eigenvalue weighted by molar-refractivity contribution is 5.83. The number of nitrogens with zero attached hydrogens (tertiary/aromatic N) is 1. The van der Waals surface area contributed by atoms with Crippen LogP contribution in [0.3, 0.4) is 0 Å². The first kappa shape index (κ1) is 12.3. The zero-order valence-electron chi connectivity index (χ0n) is 9.65. The number of oxime groups is 1. The number of amidine groups is 1. The lowest BCUT2D eigenvalue weighted by Crippen LogP contribution is -2.34. The third-order valence-electron chi connectivity index (χ3n) is 3.24. The molecule has 1 aliphatic carbocycles. The van der Waals surface area contributed by atoms with E-state index in [2.05, 4.69) is 12.1 Å². The second-order valence-corrected chi connectivity index (χ2v) is 4.37. The first-order chi connectivity index (χ1) is 7.17. The van der Waals surface area contributed by atoms with Crippen molar-refractivity contribution in [3.63, 3.8) is 0 Å². The summed E-state index contributed by atoms with van der Waals surface area (Å²) >= 11 is 0. The molecule has 1 rings (SSSR count). The Hall–Kier alpha value is -0.770. The summed E-state index contributed by atoms with van der Waals surface area (Å²) in [6.45, 7) is 4.05. The molecule has 0 spiro atoms. The topological polar surface area (TPSA) is 67.8 Å². The van der Waals surface area contributed by atoms with Gasteiger partial charge in [-0.1, -0.05) is 31.3 Å². The first-order valence-electron chi connectivity index (χ1n) is 5.80. The lowest BCUT2D eigenvalue weighted by molar-refractivity contribution is -0.00580. The molecule has 0 saturated heterocycles. The Balaban J connectivity index is 2.37. The van der Waals surface area contributed by atoms with Gasteiger partial charge in [0, 0.05) is 0 Å². The second-order valence-electron chi connectivity index (χ2n) is 4.37. The summed E-state index contributed by atoms with van der Waals surface area (Å²) in [4.78, 5) is 0. The van der Waals surface area contributed by atoms with Gasteiger partial charge in [-0.2, -0.15) is 0 Å². The van der Waals surface area contributed by atoms with E-state index < -0.39 is 0 Å². The van der Waals surface area contributed by atoms with Crippen LogP contribution in [-0.2, 0) is 4.74 Å². The maximum Gasteiger partial charge on any atom is 0.168 e. The van der Waals surface area contributed by atoms with Crippen LogP contribution in [0, 0.1) is 5.92 Å². The van der Waals surface area contributed by atoms with E-state index in [0.717, 1.165) is 18.8 Å². The molecule has 88 valence electrons. The van der Waals surface area contributed by atoms with Crippen molar-refractivity contribution in [2.45, 2.75) is 58.2 Å². The zero-order valence-corrected chi connectivity index (χ0v) is 9.65. The molecule has 0 aromatic rings. The molecule has 15 heavy (non-hydrogen) atoms. The Morgan fingerprint density at radius 2 is 2.33 bits per heavy atom. The highest BCUT2D eigenvalue weighted by Gasteiger charge is 2.23. The molecule has 0 amide bonds. The molecule has 0 radical (unpaired) electrons. The molecule has 3 atom stereocenters. The number of ether oxygens (including phenoxy) is 1. The van der Waals surface area contributed by atoms with Gasteiger partial charge in [-0.15, -0.1) is 0 Å². The summed E-state index contributed by atoms with van der Waals surface area (Å²) in [6, 6.07) is 0. The van der Waals surface area contributed by atoms with E-state index in [1.54, 1.807) is 0 Å². The fourth-order valence-corrected chi connectivity index (χ4v) is 2.18. The van der Waals surface area contributed by atoms with Crippen molar-refractivity contribution in [1.82, 2.24) is 0 Å². The minimum Gasteiger partial charge on any atom is -0.409 e. The predicted molar refractivity (Wildman–Crippen MR) is 60.0 cm³/mol. The van der Waals surface area contributed by atoms with E-state index in [1.807, 2.05) is 6.92 Å². The fourth-order valence-electron chi connectivity index (χ4n) is 2.18. The van der Waals surface area contributed by atoms with Crippen molar-refractivity contribution in [3.8, 4) is 0 Å². The van der Waals surface area contributed by atoms with Crippen LogP contribution >= 0.6 is 0 Å². The van der Waals surface area contributed by atoms with Crippen LogP contribution in [0.2, 0.25) is 0 Å². The van der Waals surface area contributed by atoms with E-state index in [0.29, 0.717) is 0 Å². The standard InChI is InChI=1S/C11H22N2O2/c1-3-9-5-4-6-10(7-9)15-8(2)11(12)13-14/h8-10,14H,3-7H2,1-2H3,(H2,12,13). The van der Waals surface area contributed by atoms with E-state index >= 15 is 0 Å². The molecule has 3 N–H and O–H groups in total. The van der Waals surface area contributed by atoms with Crippen molar-refractivity contribution in [2.75, 3.05) is 0 Å². The number of rotatable bonds is 4. The van der Waals surface area contributed by atoms with Gasteiger partial charge in [-0.05, 0) is 25.7 Å². The van der Waals surface area contributed by atoms with Crippen LogP contribution in [0.25, 0.3) is 0 Å². The molecule has 0 aliphatic heterocycles. The summed E-state index contributed by atoms with van der Waals surface area (Å²) in [5, 5.41) is 11.5. The van der Waals surface area contributed by atoms with Gasteiger partial charge in [-0.25, -0.2) is 0 Å². The third kappa shape index (κ3) is 3.70. The normalized spacial score (nSPS) is 30.1. The van der Waals surface area contributed by atoms with Gasteiger partial charge in [0.1, 0.15) is 6.10 Å². The average molecular weight is 214 g/mol. The maximum absolute atomic E-state index is 8.52. The maximum atomic E-state index is 8.52. The molecule has 0 aromatic heterocycles. The van der Waals surface area contributed by atoms with Crippen molar-refractivity contribution < 1.29 is 9.94 Å². The first-order valence-corrected chi connectivity index (χ1v) is 5.80. The summed E-state index contributed by atoms with van der Waals surface area (Å²) in [7, 11) is 0. The highest BCUT2D eigenvalue weighted by Crippen LogP contribution is 2.28. The molecule has 1 saturated carbocycles. The average Bonchev–Trinajstić information content (AvgIpc) is 2.28. The number of hydrogen-bond donors (Lipinski definition) is 2. The Morgan fingerprint density at radius 3 is 2.93 bits per heavy atom. The molecule has 1 fully saturated rings. The Bertz CT molecular complexity index is 219. The van der Waals surface area contributed by atoms with E-state index in [4.69, 9.17) is 15.7 Å². The van der Waals surface area contributed by atoms with Crippen molar-refractivity contribution in [2.24, 2.45) is 16.8 Å². The van der Waals surface area contributed by atoms with Crippen molar-refractivity contribution in [1.29, 1.82) is 0 Å². The van der Waals surface area contributed by atoms with E-state index in [9.17, 15) is 0 Å². The Morgan fingerprint density at radius 1 is 1.60 bits per heavy atom. The van der Waals surface area contributed by atoms with Gasteiger partial charge in [0.15, 0.2) is 5.84 Å². The van der Waals surface area contributed by atoms with Gasteiger partial charge in [-0.3, -0.25) is 0 Å². The lowest BCUT2D eigenvalue weighted by Gasteiger charge is -2.30.